The van der Waals surface area contributed by atoms with E-state index < -0.39 is 22.0 Å². The summed E-state index contributed by atoms with van der Waals surface area (Å²) in [6.07, 6.45) is 2.77. The molecule has 2 heterocycles. The van der Waals surface area contributed by atoms with Gasteiger partial charge in [-0.2, -0.15) is 21.2 Å². The van der Waals surface area contributed by atoms with Gasteiger partial charge in [-0.1, -0.05) is 0 Å². The van der Waals surface area contributed by atoms with Gasteiger partial charge in [0.25, 0.3) is 0 Å². The van der Waals surface area contributed by atoms with E-state index in [-0.39, 0.29) is 11.4 Å². The van der Waals surface area contributed by atoms with Crippen molar-refractivity contribution in [3.8, 4) is 0 Å². The monoisotopic (exact) mass is 304 g/mol. The molecule has 1 saturated heterocycles. The average Bonchev–Trinajstić information content (AvgIpc) is 2.88. The summed E-state index contributed by atoms with van der Waals surface area (Å²) in [7, 11) is -3.71. The minimum absolute atomic E-state index is 0.104. The molecule has 106 valence electrons. The number of hydrogen-bond donors (Lipinski definition) is 1. The molecule has 1 aromatic rings. The zero-order valence-electron chi connectivity index (χ0n) is 10.5. The van der Waals surface area contributed by atoms with Crippen LogP contribution in [0, 0.1) is 0 Å². The number of carbonyl (C=O) groups excluding carboxylic acids is 1. The van der Waals surface area contributed by atoms with E-state index in [1.165, 1.54) is 33.1 Å². The maximum Gasteiger partial charge on any atom is 0.246 e. The third kappa shape index (κ3) is 2.77. The van der Waals surface area contributed by atoms with Crippen LogP contribution in [0.5, 0.6) is 0 Å². The number of aromatic nitrogens is 2. The van der Waals surface area contributed by atoms with E-state index in [0.29, 0.717) is 18.1 Å². The lowest BCUT2D eigenvalue weighted by molar-refractivity contribution is -0.121. The molecule has 0 aliphatic carbocycles. The van der Waals surface area contributed by atoms with E-state index in [1.807, 2.05) is 6.92 Å². The van der Waals surface area contributed by atoms with Gasteiger partial charge >= 0.3 is 0 Å². The van der Waals surface area contributed by atoms with Gasteiger partial charge in [0.15, 0.2) is 0 Å². The largest absolute Gasteiger partial charge is 0.368 e. The summed E-state index contributed by atoms with van der Waals surface area (Å²) < 4.78 is 27.7. The second-order valence-electron chi connectivity index (χ2n) is 4.14. The molecule has 0 aromatic carbocycles. The zero-order valence-corrected chi connectivity index (χ0v) is 12.2. The lowest BCUT2D eigenvalue weighted by atomic mass is 10.3. The second-order valence-corrected chi connectivity index (χ2v) is 7.18. The van der Waals surface area contributed by atoms with E-state index in [1.54, 1.807) is 0 Å². The fraction of sp³-hybridized carbons (Fsp3) is 0.600. The van der Waals surface area contributed by atoms with Gasteiger partial charge in [-0.15, -0.1) is 0 Å². The Hall–Kier alpha value is -1.06. The van der Waals surface area contributed by atoms with Crippen LogP contribution in [0.25, 0.3) is 0 Å². The number of rotatable bonds is 4. The van der Waals surface area contributed by atoms with Crippen LogP contribution in [-0.2, 0) is 21.4 Å². The van der Waals surface area contributed by atoms with Crippen molar-refractivity contribution in [1.29, 1.82) is 0 Å². The molecule has 2 N–H and O–H groups in total. The number of sulfonamides is 1. The van der Waals surface area contributed by atoms with Crippen LogP contribution in [0.3, 0.4) is 0 Å². The molecule has 0 unspecified atom stereocenters. The number of thioether (sulfide) groups is 1. The first kappa shape index (κ1) is 14.4. The molecule has 1 aliphatic heterocycles. The second kappa shape index (κ2) is 5.51. The summed E-state index contributed by atoms with van der Waals surface area (Å²) in [5.74, 6) is 0.445. The molecule has 2 rings (SSSR count). The van der Waals surface area contributed by atoms with Gasteiger partial charge in [-0.25, -0.2) is 8.42 Å². The van der Waals surface area contributed by atoms with Crippen LogP contribution in [0.15, 0.2) is 17.3 Å². The molecule has 1 aliphatic rings. The Morgan fingerprint density at radius 2 is 2.37 bits per heavy atom. The van der Waals surface area contributed by atoms with Crippen molar-refractivity contribution in [1.82, 2.24) is 14.1 Å². The van der Waals surface area contributed by atoms with Gasteiger partial charge < -0.3 is 5.73 Å². The quantitative estimate of drug-likeness (QED) is 0.808. The molecule has 0 spiro atoms. The molecule has 1 amide bonds. The van der Waals surface area contributed by atoms with Crippen molar-refractivity contribution in [2.75, 3.05) is 18.1 Å². The van der Waals surface area contributed by atoms with Gasteiger partial charge in [0.05, 0.1) is 6.20 Å². The molecule has 0 radical (unpaired) electrons. The first-order valence-electron chi connectivity index (χ1n) is 5.88. The lowest BCUT2D eigenvalue weighted by Gasteiger charge is -2.31. The first-order valence-corrected chi connectivity index (χ1v) is 8.47. The number of amides is 1. The molecule has 0 bridgehead atoms. The minimum Gasteiger partial charge on any atom is -0.368 e. The normalized spacial score (nSPS) is 21.4. The molecular weight excluding hydrogens is 288 g/mol. The molecule has 19 heavy (non-hydrogen) atoms. The smallest absolute Gasteiger partial charge is 0.246 e. The molecular formula is C10H16N4O3S2. The van der Waals surface area contributed by atoms with Crippen LogP contribution in [0.1, 0.15) is 6.92 Å². The van der Waals surface area contributed by atoms with Crippen molar-refractivity contribution in [2.24, 2.45) is 5.73 Å². The summed E-state index contributed by atoms with van der Waals surface area (Å²) in [4.78, 5) is 11.5. The van der Waals surface area contributed by atoms with E-state index in [9.17, 15) is 13.2 Å². The summed E-state index contributed by atoms with van der Waals surface area (Å²) in [6, 6.07) is -0.784. The Labute approximate surface area is 116 Å². The number of aryl methyl sites for hydroxylation is 1. The molecule has 1 atom stereocenters. The topological polar surface area (TPSA) is 98.3 Å². The molecule has 0 saturated carbocycles. The fourth-order valence-corrected chi connectivity index (χ4v) is 4.71. The number of primary amides is 1. The highest BCUT2D eigenvalue weighted by Crippen LogP contribution is 2.24. The van der Waals surface area contributed by atoms with Gasteiger partial charge in [0, 0.05) is 30.8 Å². The Morgan fingerprint density at radius 3 is 2.95 bits per heavy atom. The predicted molar refractivity (Wildman–Crippen MR) is 72.1 cm³/mol. The maximum absolute atomic E-state index is 12.5. The molecule has 1 fully saturated rings. The summed E-state index contributed by atoms with van der Waals surface area (Å²) in [5, 5.41) is 3.96. The Kier molecular flexibility index (Phi) is 4.16. The SMILES string of the molecule is CCn1cc(S(=O)(=O)N2CCSC[C@@H]2C(N)=O)cn1. The summed E-state index contributed by atoms with van der Waals surface area (Å²) in [5.41, 5.74) is 5.28. The molecule has 9 heteroatoms. The maximum atomic E-state index is 12.5. The van der Waals surface area contributed by atoms with E-state index >= 15 is 0 Å². The Balaban J connectivity index is 2.34. The molecule has 1 aromatic heterocycles. The van der Waals surface area contributed by atoms with Crippen molar-refractivity contribution in [2.45, 2.75) is 24.4 Å². The summed E-state index contributed by atoms with van der Waals surface area (Å²) >= 11 is 1.53. The highest BCUT2D eigenvalue weighted by molar-refractivity contribution is 7.99. The number of nitrogens with two attached hydrogens (primary N) is 1. The number of nitrogens with zero attached hydrogens (tertiary/aromatic N) is 3. The third-order valence-corrected chi connectivity index (χ3v) is 5.83. The zero-order chi connectivity index (χ0) is 14.0. The van der Waals surface area contributed by atoms with Crippen molar-refractivity contribution >= 4 is 27.7 Å². The van der Waals surface area contributed by atoms with Crippen molar-refractivity contribution < 1.29 is 13.2 Å². The van der Waals surface area contributed by atoms with E-state index in [2.05, 4.69) is 5.10 Å². The highest BCUT2D eigenvalue weighted by atomic mass is 32.2. The van der Waals surface area contributed by atoms with Crippen molar-refractivity contribution in [3.05, 3.63) is 12.4 Å². The highest BCUT2D eigenvalue weighted by Gasteiger charge is 2.37. The van der Waals surface area contributed by atoms with E-state index in [0.717, 1.165) is 0 Å². The predicted octanol–water partition coefficient (Wildman–Crippen LogP) is -0.506. The van der Waals surface area contributed by atoms with Crippen molar-refractivity contribution in [3.63, 3.8) is 0 Å². The van der Waals surface area contributed by atoms with Gasteiger partial charge in [0.2, 0.25) is 15.9 Å². The first-order chi connectivity index (χ1) is 8.96. The van der Waals surface area contributed by atoms with Gasteiger partial charge in [-0.05, 0) is 6.92 Å². The minimum atomic E-state index is -3.71. The number of carbonyl (C=O) groups is 1. The van der Waals surface area contributed by atoms with Crippen LogP contribution in [0.2, 0.25) is 0 Å². The average molecular weight is 304 g/mol. The lowest BCUT2D eigenvalue weighted by Crippen LogP contribution is -2.52. The Bertz CT molecular complexity index is 569. The van der Waals surface area contributed by atoms with Crippen LogP contribution < -0.4 is 5.73 Å². The molecule has 7 nitrogen and oxygen atoms in total. The van der Waals surface area contributed by atoms with Crippen LogP contribution >= 0.6 is 11.8 Å². The van der Waals surface area contributed by atoms with Crippen LogP contribution in [-0.4, -0.2) is 52.5 Å². The fourth-order valence-electron chi connectivity index (χ4n) is 1.89. The van der Waals surface area contributed by atoms with Crippen LogP contribution in [0.4, 0.5) is 0 Å². The summed E-state index contributed by atoms with van der Waals surface area (Å²) in [6.45, 7) is 2.75. The van der Waals surface area contributed by atoms with Gasteiger partial charge in [0.1, 0.15) is 10.9 Å². The standard InChI is InChI=1S/C10H16N4O3S2/c1-2-13-6-8(5-12-13)19(16,17)14-3-4-18-7-9(14)10(11)15/h5-6,9H,2-4,7H2,1H3,(H2,11,15)/t9-/m1/s1. The van der Waals surface area contributed by atoms with E-state index in [4.69, 9.17) is 5.73 Å². The number of hydrogen-bond acceptors (Lipinski definition) is 5. The van der Waals surface area contributed by atoms with Gasteiger partial charge in [-0.3, -0.25) is 9.48 Å². The Morgan fingerprint density at radius 1 is 1.63 bits per heavy atom. The third-order valence-electron chi connectivity index (χ3n) is 2.95.